The fourth-order valence-corrected chi connectivity index (χ4v) is 2.78. The molecule has 2 rings (SSSR count). The van der Waals surface area contributed by atoms with Crippen LogP contribution in [0, 0.1) is 11.5 Å². The van der Waals surface area contributed by atoms with Gasteiger partial charge in [-0.1, -0.05) is 12.1 Å². The molecule has 0 atom stereocenters. The van der Waals surface area contributed by atoms with Crippen molar-refractivity contribution in [2.45, 2.75) is 13.8 Å². The molecule has 1 aromatic heterocycles. The monoisotopic (exact) mass is 258 g/mol. The Bertz CT molecular complexity index is 572. The predicted octanol–water partition coefficient (Wildman–Crippen LogP) is 2.87. The number of nitriles is 1. The Morgan fingerprint density at radius 3 is 2.72 bits per heavy atom. The van der Waals surface area contributed by atoms with Crippen molar-refractivity contribution >= 4 is 27.4 Å². The average Bonchev–Trinajstić information content (AvgIpc) is 2.82. The summed E-state index contributed by atoms with van der Waals surface area (Å²) in [4.78, 5) is 10.5. The van der Waals surface area contributed by atoms with Gasteiger partial charge in [-0.25, -0.2) is 4.98 Å². The van der Waals surface area contributed by atoms with E-state index in [0.717, 1.165) is 28.3 Å². The number of aliphatic imine (C=N–C) groups is 1. The van der Waals surface area contributed by atoms with E-state index in [9.17, 15) is 0 Å². The third-order valence-electron chi connectivity index (χ3n) is 2.70. The van der Waals surface area contributed by atoms with Crippen LogP contribution >= 0.6 is 11.3 Å². The first-order chi connectivity index (χ1) is 8.80. The van der Waals surface area contributed by atoms with Crippen molar-refractivity contribution in [1.82, 2.24) is 9.88 Å². The van der Waals surface area contributed by atoms with Gasteiger partial charge in [0, 0.05) is 13.1 Å². The normalized spacial score (nSPS) is 11.5. The van der Waals surface area contributed by atoms with Crippen molar-refractivity contribution in [3.63, 3.8) is 0 Å². The summed E-state index contributed by atoms with van der Waals surface area (Å²) in [5.74, 6) is 0.670. The molecule has 0 spiro atoms. The zero-order valence-electron chi connectivity index (χ0n) is 10.4. The lowest BCUT2D eigenvalue weighted by Gasteiger charge is -2.19. The first-order valence-corrected chi connectivity index (χ1v) is 6.69. The van der Waals surface area contributed by atoms with E-state index in [4.69, 9.17) is 5.26 Å². The maximum atomic E-state index is 8.83. The molecule has 0 amide bonds. The molecule has 0 N–H and O–H groups in total. The molecule has 0 bridgehead atoms. The van der Waals surface area contributed by atoms with Gasteiger partial charge in [-0.3, -0.25) is 0 Å². The molecule has 4 nitrogen and oxygen atoms in total. The molecular weight excluding hydrogens is 244 g/mol. The second kappa shape index (κ2) is 5.61. The van der Waals surface area contributed by atoms with Crippen LogP contribution in [0.3, 0.4) is 0 Å². The second-order valence-electron chi connectivity index (χ2n) is 3.69. The molecule has 0 saturated heterocycles. The number of hydrogen-bond acceptors (Lipinski definition) is 4. The molecule has 0 saturated carbocycles. The van der Waals surface area contributed by atoms with E-state index in [-0.39, 0.29) is 0 Å². The molecule has 2 aromatic rings. The molecule has 0 aliphatic heterocycles. The molecule has 1 heterocycles. The van der Waals surface area contributed by atoms with E-state index in [1.165, 1.54) is 0 Å². The molecule has 0 radical (unpaired) electrons. The summed E-state index contributed by atoms with van der Waals surface area (Å²) in [6.07, 6.45) is 1.87. The maximum Gasteiger partial charge on any atom is 0.207 e. The summed E-state index contributed by atoms with van der Waals surface area (Å²) in [7, 11) is 0. The topological polar surface area (TPSA) is 52.3 Å². The van der Waals surface area contributed by atoms with Gasteiger partial charge in [-0.05, 0) is 26.0 Å². The zero-order valence-corrected chi connectivity index (χ0v) is 11.2. The minimum absolute atomic E-state index is 0.670. The molecule has 92 valence electrons. The highest BCUT2D eigenvalue weighted by Crippen LogP contribution is 2.23. The average molecular weight is 258 g/mol. The van der Waals surface area contributed by atoms with Gasteiger partial charge >= 0.3 is 0 Å². The predicted molar refractivity (Wildman–Crippen MR) is 74.7 cm³/mol. The Morgan fingerprint density at radius 1 is 1.39 bits per heavy atom. The fraction of sp³-hybridized carbons (Fsp3) is 0.308. The molecule has 0 fully saturated rings. The summed E-state index contributed by atoms with van der Waals surface area (Å²) < 4.78 is 1.12. The van der Waals surface area contributed by atoms with Crippen LogP contribution in [0.2, 0.25) is 0 Å². The number of aromatic nitrogens is 1. The largest absolute Gasteiger partial charge is 0.354 e. The smallest absolute Gasteiger partial charge is 0.207 e. The molecule has 0 unspecified atom stereocenters. The number of nitrogens with zero attached hydrogens (tertiary/aromatic N) is 4. The van der Waals surface area contributed by atoms with Crippen molar-refractivity contribution in [2.24, 2.45) is 4.99 Å². The van der Waals surface area contributed by atoms with Gasteiger partial charge in [0.05, 0.1) is 10.2 Å². The van der Waals surface area contributed by atoms with E-state index in [2.05, 4.69) is 9.98 Å². The summed E-state index contributed by atoms with van der Waals surface area (Å²) in [5.41, 5.74) is 0.954. The number of para-hydroxylation sites is 1. The maximum absolute atomic E-state index is 8.83. The molecular formula is C13H14N4S. The number of benzene rings is 1. The van der Waals surface area contributed by atoms with Crippen LogP contribution in [0.1, 0.15) is 18.9 Å². The number of hydrogen-bond donors (Lipinski definition) is 0. The van der Waals surface area contributed by atoms with E-state index in [0.29, 0.717) is 5.84 Å². The molecule has 1 aromatic carbocycles. The second-order valence-corrected chi connectivity index (χ2v) is 4.73. The minimum atomic E-state index is 0.670. The first kappa shape index (κ1) is 12.5. The van der Waals surface area contributed by atoms with Crippen LogP contribution in [0.4, 0.5) is 0 Å². The minimum Gasteiger partial charge on any atom is -0.354 e. The van der Waals surface area contributed by atoms with Crippen LogP contribution in [0.5, 0.6) is 0 Å². The van der Waals surface area contributed by atoms with E-state index < -0.39 is 0 Å². The van der Waals surface area contributed by atoms with Gasteiger partial charge in [0.2, 0.25) is 6.19 Å². The van der Waals surface area contributed by atoms with Gasteiger partial charge in [0.25, 0.3) is 0 Å². The lowest BCUT2D eigenvalue weighted by molar-refractivity contribution is 0.466. The van der Waals surface area contributed by atoms with Crippen LogP contribution in [0.25, 0.3) is 10.2 Å². The summed E-state index contributed by atoms with van der Waals surface area (Å²) >= 11 is 1.57. The number of thiazole rings is 1. The highest BCUT2D eigenvalue weighted by molar-refractivity contribution is 7.20. The zero-order chi connectivity index (χ0) is 13.0. The highest BCUT2D eigenvalue weighted by Gasteiger charge is 2.15. The van der Waals surface area contributed by atoms with Crippen molar-refractivity contribution in [2.75, 3.05) is 13.1 Å². The van der Waals surface area contributed by atoms with E-state index in [1.807, 2.05) is 49.2 Å². The lowest BCUT2D eigenvalue weighted by Crippen LogP contribution is -2.31. The van der Waals surface area contributed by atoms with Crippen LogP contribution < -0.4 is 0 Å². The molecule has 18 heavy (non-hydrogen) atoms. The molecule has 0 aliphatic carbocycles. The summed E-state index contributed by atoms with van der Waals surface area (Å²) in [6.45, 7) is 5.72. The summed E-state index contributed by atoms with van der Waals surface area (Å²) in [5, 5.41) is 9.63. The molecule has 5 heteroatoms. The Balaban J connectivity index is 2.49. The highest BCUT2D eigenvalue weighted by atomic mass is 32.1. The lowest BCUT2D eigenvalue weighted by atomic mass is 10.3. The third kappa shape index (κ3) is 2.34. The molecule has 0 aliphatic rings. The quantitative estimate of drug-likeness (QED) is 0.483. The van der Waals surface area contributed by atoms with Gasteiger partial charge in [0.15, 0.2) is 10.8 Å². The van der Waals surface area contributed by atoms with Crippen LogP contribution in [0.15, 0.2) is 29.3 Å². The summed E-state index contributed by atoms with van der Waals surface area (Å²) in [6, 6.07) is 7.96. The Hall–Kier alpha value is -1.93. The van der Waals surface area contributed by atoms with Gasteiger partial charge in [-0.2, -0.15) is 10.3 Å². The van der Waals surface area contributed by atoms with Crippen molar-refractivity contribution in [3.05, 3.63) is 29.3 Å². The van der Waals surface area contributed by atoms with Crippen molar-refractivity contribution < 1.29 is 0 Å². The third-order valence-corrected chi connectivity index (χ3v) is 3.74. The number of fused-ring (bicyclic) bond motifs is 1. The first-order valence-electron chi connectivity index (χ1n) is 5.87. The SMILES string of the molecule is CCN(CC)C(=NC#N)c1nc2ccccc2s1. The Labute approximate surface area is 110 Å². The van der Waals surface area contributed by atoms with Crippen LogP contribution in [-0.4, -0.2) is 28.8 Å². The van der Waals surface area contributed by atoms with Crippen molar-refractivity contribution in [3.8, 4) is 6.19 Å². The Kier molecular flexibility index (Phi) is 3.90. The van der Waals surface area contributed by atoms with E-state index >= 15 is 0 Å². The fourth-order valence-electron chi connectivity index (χ4n) is 1.79. The standard InChI is InChI=1S/C13H14N4S/c1-3-17(4-2)12(15-9-14)13-16-10-7-5-6-8-11(10)18-13/h5-8H,3-4H2,1-2H3. The van der Waals surface area contributed by atoms with Crippen LogP contribution in [-0.2, 0) is 0 Å². The number of amidine groups is 1. The number of rotatable bonds is 3. The van der Waals surface area contributed by atoms with E-state index in [1.54, 1.807) is 11.3 Å². The Morgan fingerprint density at radius 2 is 2.11 bits per heavy atom. The van der Waals surface area contributed by atoms with Gasteiger partial charge in [0.1, 0.15) is 0 Å². The van der Waals surface area contributed by atoms with Crippen molar-refractivity contribution in [1.29, 1.82) is 5.26 Å². The van der Waals surface area contributed by atoms with Gasteiger partial charge < -0.3 is 4.90 Å². The van der Waals surface area contributed by atoms with Gasteiger partial charge in [-0.15, -0.1) is 11.3 Å².